The van der Waals surface area contributed by atoms with Gasteiger partial charge in [-0.15, -0.1) is 11.8 Å². The number of amides is 2. The SMILES string of the molecule is O=C(CCc1cc2n(n1)CCN(C(=O)CSc1ccncc1)C2)N1CCCC1. The van der Waals surface area contributed by atoms with Gasteiger partial charge in [-0.3, -0.25) is 19.3 Å². The van der Waals surface area contributed by atoms with E-state index in [1.54, 1.807) is 12.4 Å². The summed E-state index contributed by atoms with van der Waals surface area (Å²) in [5.41, 5.74) is 2.00. The average molecular weight is 400 g/mol. The van der Waals surface area contributed by atoms with E-state index in [4.69, 9.17) is 0 Å². The lowest BCUT2D eigenvalue weighted by Gasteiger charge is -2.27. The van der Waals surface area contributed by atoms with Gasteiger partial charge < -0.3 is 9.80 Å². The van der Waals surface area contributed by atoms with Crippen molar-refractivity contribution < 1.29 is 9.59 Å². The second-order valence-corrected chi connectivity index (χ2v) is 8.27. The number of likely N-dealkylation sites (tertiary alicyclic amines) is 1. The predicted molar refractivity (Wildman–Crippen MR) is 107 cm³/mol. The van der Waals surface area contributed by atoms with Crippen LogP contribution in [0.2, 0.25) is 0 Å². The molecule has 2 aromatic rings. The van der Waals surface area contributed by atoms with Gasteiger partial charge in [-0.1, -0.05) is 0 Å². The van der Waals surface area contributed by atoms with E-state index in [9.17, 15) is 9.59 Å². The van der Waals surface area contributed by atoms with Gasteiger partial charge in [-0.25, -0.2) is 0 Å². The van der Waals surface area contributed by atoms with E-state index >= 15 is 0 Å². The number of aromatic nitrogens is 3. The van der Waals surface area contributed by atoms with Crippen LogP contribution >= 0.6 is 11.8 Å². The standard InChI is InChI=1S/C20H25N5O2S/c26-19(23-9-1-2-10-23)4-3-16-13-17-14-24(11-12-25(17)22-16)20(27)15-28-18-5-7-21-8-6-18/h5-8,13H,1-4,9-12,14-15H2. The molecule has 8 heteroatoms. The number of hydrogen-bond donors (Lipinski definition) is 0. The fourth-order valence-electron chi connectivity index (χ4n) is 3.69. The molecule has 4 heterocycles. The molecule has 0 aromatic carbocycles. The molecule has 7 nitrogen and oxygen atoms in total. The molecule has 0 saturated carbocycles. The highest BCUT2D eigenvalue weighted by atomic mass is 32.2. The molecule has 4 rings (SSSR count). The summed E-state index contributed by atoms with van der Waals surface area (Å²) in [5, 5.41) is 4.63. The third-order valence-electron chi connectivity index (χ3n) is 5.27. The smallest absolute Gasteiger partial charge is 0.233 e. The van der Waals surface area contributed by atoms with Gasteiger partial charge in [-0.05, 0) is 31.0 Å². The molecule has 0 atom stereocenters. The fraction of sp³-hybridized carbons (Fsp3) is 0.500. The lowest BCUT2D eigenvalue weighted by atomic mass is 10.2. The quantitative estimate of drug-likeness (QED) is 0.695. The normalized spacial score (nSPS) is 16.3. The number of nitrogens with zero attached hydrogens (tertiary/aromatic N) is 5. The van der Waals surface area contributed by atoms with Gasteiger partial charge >= 0.3 is 0 Å². The molecule has 148 valence electrons. The molecule has 2 amide bonds. The van der Waals surface area contributed by atoms with Crippen LogP contribution in [0.1, 0.15) is 30.7 Å². The molecular formula is C20H25N5O2S. The van der Waals surface area contributed by atoms with Crippen LogP contribution in [0.3, 0.4) is 0 Å². The molecule has 2 aliphatic heterocycles. The number of hydrogen-bond acceptors (Lipinski definition) is 5. The summed E-state index contributed by atoms with van der Waals surface area (Å²) < 4.78 is 1.98. The van der Waals surface area contributed by atoms with E-state index < -0.39 is 0 Å². The van der Waals surface area contributed by atoms with Crippen molar-refractivity contribution in [1.82, 2.24) is 24.6 Å². The van der Waals surface area contributed by atoms with Crippen LogP contribution in [0, 0.1) is 0 Å². The maximum Gasteiger partial charge on any atom is 0.233 e. The summed E-state index contributed by atoms with van der Waals surface area (Å²) in [4.78, 5) is 33.7. The Labute approximate surface area is 169 Å². The molecule has 1 fully saturated rings. The van der Waals surface area contributed by atoms with Crippen LogP contribution in [0.4, 0.5) is 0 Å². The highest BCUT2D eigenvalue weighted by molar-refractivity contribution is 8.00. The average Bonchev–Trinajstić information content (AvgIpc) is 3.40. The van der Waals surface area contributed by atoms with Gasteiger partial charge in [0, 0.05) is 49.8 Å². The van der Waals surface area contributed by atoms with Crippen molar-refractivity contribution in [1.29, 1.82) is 0 Å². The van der Waals surface area contributed by atoms with Crippen molar-refractivity contribution in [3.8, 4) is 0 Å². The van der Waals surface area contributed by atoms with E-state index in [-0.39, 0.29) is 11.8 Å². The second-order valence-electron chi connectivity index (χ2n) is 7.22. The summed E-state index contributed by atoms with van der Waals surface area (Å²) in [5.74, 6) is 0.795. The molecule has 0 spiro atoms. The summed E-state index contributed by atoms with van der Waals surface area (Å²) in [7, 11) is 0. The molecule has 0 aliphatic carbocycles. The Balaban J connectivity index is 1.29. The number of thioether (sulfide) groups is 1. The second kappa shape index (κ2) is 8.77. The molecule has 28 heavy (non-hydrogen) atoms. The zero-order chi connectivity index (χ0) is 19.3. The Morgan fingerprint density at radius 3 is 2.57 bits per heavy atom. The first-order valence-electron chi connectivity index (χ1n) is 9.83. The third-order valence-corrected chi connectivity index (χ3v) is 6.26. The summed E-state index contributed by atoms with van der Waals surface area (Å²) >= 11 is 1.54. The summed E-state index contributed by atoms with van der Waals surface area (Å²) in [6.45, 7) is 3.76. The maximum atomic E-state index is 12.6. The van der Waals surface area contributed by atoms with Crippen molar-refractivity contribution in [3.05, 3.63) is 42.0 Å². The lowest BCUT2D eigenvalue weighted by Crippen LogP contribution is -2.39. The Kier molecular flexibility index (Phi) is 5.95. The molecule has 2 aliphatic rings. The van der Waals surface area contributed by atoms with Gasteiger partial charge in [0.15, 0.2) is 0 Å². The monoisotopic (exact) mass is 399 g/mol. The summed E-state index contributed by atoms with van der Waals surface area (Å²) in [6, 6.07) is 5.88. The Hall–Kier alpha value is -2.35. The van der Waals surface area contributed by atoms with Crippen LogP contribution in [0.15, 0.2) is 35.5 Å². The number of aryl methyl sites for hydroxylation is 1. The van der Waals surface area contributed by atoms with E-state index in [0.29, 0.717) is 38.2 Å². The van der Waals surface area contributed by atoms with Gasteiger partial charge in [0.05, 0.1) is 30.2 Å². The van der Waals surface area contributed by atoms with Crippen molar-refractivity contribution in [3.63, 3.8) is 0 Å². The molecule has 0 bridgehead atoms. The van der Waals surface area contributed by atoms with Gasteiger partial charge in [-0.2, -0.15) is 5.10 Å². The zero-order valence-corrected chi connectivity index (χ0v) is 16.7. The minimum absolute atomic E-state index is 0.139. The van der Waals surface area contributed by atoms with Gasteiger partial charge in [0.25, 0.3) is 0 Å². The molecule has 1 saturated heterocycles. The first-order valence-corrected chi connectivity index (χ1v) is 10.8. The van der Waals surface area contributed by atoms with Crippen LogP contribution in [0.5, 0.6) is 0 Å². The van der Waals surface area contributed by atoms with E-state index in [2.05, 4.69) is 10.1 Å². The minimum atomic E-state index is 0.139. The minimum Gasteiger partial charge on any atom is -0.343 e. The topological polar surface area (TPSA) is 71.3 Å². The van der Waals surface area contributed by atoms with Crippen molar-refractivity contribution in [2.45, 2.75) is 43.7 Å². The number of carbonyl (C=O) groups excluding carboxylic acids is 2. The Bertz CT molecular complexity index is 832. The third kappa shape index (κ3) is 4.55. The van der Waals surface area contributed by atoms with Crippen LogP contribution < -0.4 is 0 Å². The number of rotatable bonds is 6. The summed E-state index contributed by atoms with van der Waals surface area (Å²) in [6.07, 6.45) is 6.90. The molecule has 2 aromatic heterocycles. The highest BCUT2D eigenvalue weighted by Gasteiger charge is 2.23. The van der Waals surface area contributed by atoms with Crippen molar-refractivity contribution >= 4 is 23.6 Å². The predicted octanol–water partition coefficient (Wildman–Crippen LogP) is 1.97. The van der Waals surface area contributed by atoms with Gasteiger partial charge in [0.2, 0.25) is 11.8 Å². The van der Waals surface area contributed by atoms with Crippen molar-refractivity contribution in [2.24, 2.45) is 0 Å². The lowest BCUT2D eigenvalue weighted by molar-refractivity contribution is -0.130. The van der Waals surface area contributed by atoms with Crippen LogP contribution in [0.25, 0.3) is 0 Å². The molecule has 0 N–H and O–H groups in total. The molecular weight excluding hydrogens is 374 g/mol. The van der Waals surface area contributed by atoms with E-state index in [0.717, 1.165) is 42.2 Å². The first kappa shape index (κ1) is 19.0. The zero-order valence-electron chi connectivity index (χ0n) is 15.9. The van der Waals surface area contributed by atoms with Gasteiger partial charge in [0.1, 0.15) is 0 Å². The number of pyridine rings is 1. The van der Waals surface area contributed by atoms with E-state index in [1.807, 2.05) is 32.7 Å². The Morgan fingerprint density at radius 1 is 1.00 bits per heavy atom. The number of carbonyl (C=O) groups is 2. The highest BCUT2D eigenvalue weighted by Crippen LogP contribution is 2.20. The maximum absolute atomic E-state index is 12.6. The molecule has 0 unspecified atom stereocenters. The largest absolute Gasteiger partial charge is 0.343 e. The van der Waals surface area contributed by atoms with Crippen LogP contribution in [-0.4, -0.2) is 61.8 Å². The van der Waals surface area contributed by atoms with Crippen LogP contribution in [-0.2, 0) is 29.1 Å². The fourth-order valence-corrected chi connectivity index (χ4v) is 4.48. The van der Waals surface area contributed by atoms with Crippen molar-refractivity contribution in [2.75, 3.05) is 25.4 Å². The number of fused-ring (bicyclic) bond motifs is 1. The first-order chi connectivity index (χ1) is 13.7. The Morgan fingerprint density at radius 2 is 1.79 bits per heavy atom. The van der Waals surface area contributed by atoms with E-state index in [1.165, 1.54) is 11.8 Å². The molecule has 0 radical (unpaired) electrons.